The number of hydrogen-bond acceptors (Lipinski definition) is 3. The third-order valence-corrected chi connectivity index (χ3v) is 3.32. The molecule has 14 heavy (non-hydrogen) atoms. The second-order valence-corrected chi connectivity index (χ2v) is 4.87. The van der Waals surface area contributed by atoms with Gasteiger partial charge in [0.05, 0.1) is 0 Å². The summed E-state index contributed by atoms with van der Waals surface area (Å²) in [7, 11) is 2.20. The molecule has 1 saturated heterocycles. The molecule has 0 aromatic rings. The lowest BCUT2D eigenvalue weighted by Gasteiger charge is -2.43. The molecule has 84 valence electrons. The highest BCUT2D eigenvalue weighted by molar-refractivity contribution is 4.83. The van der Waals surface area contributed by atoms with Gasteiger partial charge in [-0.05, 0) is 26.8 Å². The first kappa shape index (κ1) is 12.0. The largest absolute Gasteiger partial charge is 0.396 e. The van der Waals surface area contributed by atoms with Gasteiger partial charge >= 0.3 is 0 Å². The minimum absolute atomic E-state index is 0.301. The highest BCUT2D eigenvalue weighted by Crippen LogP contribution is 2.14. The highest BCUT2D eigenvalue weighted by Gasteiger charge is 2.26. The molecule has 1 N–H and O–H groups in total. The van der Waals surface area contributed by atoms with Crippen LogP contribution in [-0.2, 0) is 0 Å². The van der Waals surface area contributed by atoms with Gasteiger partial charge in [0, 0.05) is 38.3 Å². The van der Waals surface area contributed by atoms with Crippen LogP contribution >= 0.6 is 0 Å². The Bertz CT molecular complexity index is 160. The Morgan fingerprint density at radius 1 is 1.29 bits per heavy atom. The number of rotatable bonds is 3. The van der Waals surface area contributed by atoms with Gasteiger partial charge in [-0.3, -0.25) is 9.80 Å². The van der Waals surface area contributed by atoms with Crippen LogP contribution in [0.3, 0.4) is 0 Å². The lowest BCUT2D eigenvalue weighted by atomic mass is 10.1. The molecule has 0 aromatic carbocycles. The lowest BCUT2D eigenvalue weighted by Crippen LogP contribution is -2.55. The molecule has 1 heterocycles. The van der Waals surface area contributed by atoms with E-state index in [2.05, 4.69) is 37.6 Å². The average molecular weight is 200 g/mol. The van der Waals surface area contributed by atoms with Gasteiger partial charge in [-0.2, -0.15) is 0 Å². The van der Waals surface area contributed by atoms with Crippen LogP contribution in [0.2, 0.25) is 0 Å². The zero-order valence-electron chi connectivity index (χ0n) is 9.90. The molecule has 1 fully saturated rings. The summed E-state index contributed by atoms with van der Waals surface area (Å²) in [5, 5.41) is 9.01. The molecule has 0 spiro atoms. The fraction of sp³-hybridized carbons (Fsp3) is 1.00. The third kappa shape index (κ3) is 2.94. The molecule has 3 unspecified atom stereocenters. The Labute approximate surface area is 87.7 Å². The summed E-state index contributed by atoms with van der Waals surface area (Å²) in [5.74, 6) is 0.401. The van der Waals surface area contributed by atoms with E-state index in [0.29, 0.717) is 24.6 Å². The number of hydrogen-bond donors (Lipinski definition) is 1. The van der Waals surface area contributed by atoms with Gasteiger partial charge in [0.2, 0.25) is 0 Å². The number of piperazine rings is 1. The van der Waals surface area contributed by atoms with Crippen molar-refractivity contribution in [3.63, 3.8) is 0 Å². The van der Waals surface area contributed by atoms with Crippen LogP contribution in [0, 0.1) is 5.92 Å². The van der Waals surface area contributed by atoms with Crippen LogP contribution in [0.15, 0.2) is 0 Å². The van der Waals surface area contributed by atoms with Crippen LogP contribution in [0.4, 0.5) is 0 Å². The van der Waals surface area contributed by atoms with Crippen molar-refractivity contribution in [2.45, 2.75) is 32.9 Å². The van der Waals surface area contributed by atoms with Crippen molar-refractivity contribution in [2.75, 3.05) is 33.3 Å². The SMILES string of the molecule is CC(CO)CN1CC(C)N(C)C(C)C1. The molecular formula is C11H24N2O. The Balaban J connectivity index is 2.41. The van der Waals surface area contributed by atoms with E-state index in [9.17, 15) is 0 Å². The monoisotopic (exact) mass is 200 g/mol. The van der Waals surface area contributed by atoms with Gasteiger partial charge in [0.1, 0.15) is 0 Å². The van der Waals surface area contributed by atoms with Gasteiger partial charge in [0.15, 0.2) is 0 Å². The second kappa shape index (κ2) is 5.10. The Morgan fingerprint density at radius 2 is 1.79 bits per heavy atom. The van der Waals surface area contributed by atoms with E-state index >= 15 is 0 Å². The molecule has 0 bridgehead atoms. The van der Waals surface area contributed by atoms with Crippen molar-refractivity contribution in [3.05, 3.63) is 0 Å². The van der Waals surface area contributed by atoms with Gasteiger partial charge in [0.25, 0.3) is 0 Å². The maximum absolute atomic E-state index is 9.01. The van der Waals surface area contributed by atoms with Crippen LogP contribution in [0.25, 0.3) is 0 Å². The molecule has 0 aromatic heterocycles. The van der Waals surface area contributed by atoms with E-state index in [1.807, 2.05) is 0 Å². The van der Waals surface area contributed by atoms with E-state index in [1.54, 1.807) is 0 Å². The number of aliphatic hydroxyl groups is 1. The summed E-state index contributed by atoms with van der Waals surface area (Å²) in [6.45, 7) is 10.2. The third-order valence-electron chi connectivity index (χ3n) is 3.32. The summed E-state index contributed by atoms with van der Waals surface area (Å²) in [6.07, 6.45) is 0. The van der Waals surface area contributed by atoms with Crippen molar-refractivity contribution in [3.8, 4) is 0 Å². The predicted octanol–water partition coefficient (Wildman–Crippen LogP) is 0.639. The maximum Gasteiger partial charge on any atom is 0.0468 e. The molecule has 0 amide bonds. The molecule has 3 atom stereocenters. The standard InChI is InChI=1S/C11H24N2O/c1-9(8-14)5-13-6-10(2)12(4)11(3)7-13/h9-11,14H,5-8H2,1-4H3. The zero-order chi connectivity index (χ0) is 10.7. The molecular weight excluding hydrogens is 176 g/mol. The number of aliphatic hydroxyl groups excluding tert-OH is 1. The van der Waals surface area contributed by atoms with Crippen LogP contribution < -0.4 is 0 Å². The summed E-state index contributed by atoms with van der Waals surface area (Å²) >= 11 is 0. The van der Waals surface area contributed by atoms with E-state index in [1.165, 1.54) is 0 Å². The molecule has 1 aliphatic heterocycles. The fourth-order valence-electron chi connectivity index (χ4n) is 2.16. The molecule has 3 heteroatoms. The molecule has 1 aliphatic rings. The first-order valence-electron chi connectivity index (χ1n) is 5.59. The fourth-order valence-corrected chi connectivity index (χ4v) is 2.16. The van der Waals surface area contributed by atoms with Gasteiger partial charge in [-0.15, -0.1) is 0 Å². The first-order valence-corrected chi connectivity index (χ1v) is 5.59. The summed E-state index contributed by atoms with van der Waals surface area (Å²) in [4.78, 5) is 4.90. The normalized spacial score (nSPS) is 33.2. The second-order valence-electron chi connectivity index (χ2n) is 4.87. The topological polar surface area (TPSA) is 26.7 Å². The molecule has 1 rings (SSSR count). The Hall–Kier alpha value is -0.120. The molecule has 3 nitrogen and oxygen atoms in total. The maximum atomic E-state index is 9.01. The summed E-state index contributed by atoms with van der Waals surface area (Å²) in [6, 6.07) is 1.26. The van der Waals surface area contributed by atoms with Crippen molar-refractivity contribution in [2.24, 2.45) is 5.92 Å². The van der Waals surface area contributed by atoms with E-state index in [4.69, 9.17) is 5.11 Å². The molecule has 0 saturated carbocycles. The van der Waals surface area contributed by atoms with Crippen molar-refractivity contribution >= 4 is 0 Å². The van der Waals surface area contributed by atoms with Gasteiger partial charge < -0.3 is 5.11 Å². The summed E-state index contributed by atoms with van der Waals surface area (Å²) in [5.41, 5.74) is 0. The smallest absolute Gasteiger partial charge is 0.0468 e. The van der Waals surface area contributed by atoms with E-state index in [-0.39, 0.29) is 0 Å². The van der Waals surface area contributed by atoms with Crippen molar-refractivity contribution < 1.29 is 5.11 Å². The van der Waals surface area contributed by atoms with Gasteiger partial charge in [-0.1, -0.05) is 6.92 Å². The lowest BCUT2D eigenvalue weighted by molar-refractivity contribution is 0.0457. The predicted molar refractivity (Wildman–Crippen MR) is 59.4 cm³/mol. The van der Waals surface area contributed by atoms with Crippen LogP contribution in [0.1, 0.15) is 20.8 Å². The van der Waals surface area contributed by atoms with Crippen molar-refractivity contribution in [1.29, 1.82) is 0 Å². The van der Waals surface area contributed by atoms with E-state index in [0.717, 1.165) is 19.6 Å². The number of nitrogens with zero attached hydrogens (tertiary/aromatic N) is 2. The average Bonchev–Trinajstić information content (AvgIpc) is 2.14. The highest BCUT2D eigenvalue weighted by atomic mass is 16.3. The Kier molecular flexibility index (Phi) is 4.35. The van der Waals surface area contributed by atoms with Gasteiger partial charge in [-0.25, -0.2) is 0 Å². The first-order chi connectivity index (χ1) is 6.54. The Morgan fingerprint density at radius 3 is 2.21 bits per heavy atom. The minimum atomic E-state index is 0.301. The minimum Gasteiger partial charge on any atom is -0.396 e. The zero-order valence-corrected chi connectivity index (χ0v) is 9.90. The molecule has 0 aliphatic carbocycles. The van der Waals surface area contributed by atoms with Crippen LogP contribution in [-0.4, -0.2) is 60.3 Å². The van der Waals surface area contributed by atoms with Crippen LogP contribution in [0.5, 0.6) is 0 Å². The van der Waals surface area contributed by atoms with Crippen molar-refractivity contribution in [1.82, 2.24) is 9.80 Å². The molecule has 0 radical (unpaired) electrons. The van der Waals surface area contributed by atoms with E-state index < -0.39 is 0 Å². The quantitative estimate of drug-likeness (QED) is 0.724. The number of likely N-dealkylation sites (N-methyl/N-ethyl adjacent to an activating group) is 1. The summed E-state index contributed by atoms with van der Waals surface area (Å²) < 4.78 is 0.